The van der Waals surface area contributed by atoms with Crippen molar-refractivity contribution >= 4 is 0 Å². The first-order valence-electron chi connectivity index (χ1n) is 4.15. The Hall–Kier alpha value is -0.300. The summed E-state index contributed by atoms with van der Waals surface area (Å²) in [5.74, 6) is 1.00. The largest absolute Gasteiger partial charge is 0.313 e. The minimum atomic E-state index is 1.00. The van der Waals surface area contributed by atoms with Crippen LogP contribution >= 0.6 is 0 Å². The van der Waals surface area contributed by atoms with Gasteiger partial charge in [0.05, 0.1) is 0 Å². The smallest absolute Gasteiger partial charge is 0.0161 e. The van der Waals surface area contributed by atoms with Crippen LogP contribution in [0.4, 0.5) is 0 Å². The molecule has 0 aromatic carbocycles. The molecule has 1 heteroatoms. The second-order valence-electron chi connectivity index (χ2n) is 3.21. The Morgan fingerprint density at radius 1 is 1.60 bits per heavy atom. The van der Waals surface area contributed by atoms with Crippen LogP contribution in [0.1, 0.15) is 26.7 Å². The first-order valence-corrected chi connectivity index (χ1v) is 4.15. The van der Waals surface area contributed by atoms with Crippen LogP contribution in [0, 0.1) is 5.92 Å². The lowest BCUT2D eigenvalue weighted by molar-refractivity contribution is 0.671. The Bertz CT molecular complexity index is 123. The van der Waals surface area contributed by atoms with Crippen molar-refractivity contribution in [1.82, 2.24) is 5.32 Å². The highest BCUT2D eigenvalue weighted by Gasteiger charge is 2.19. The molecule has 0 aliphatic heterocycles. The standard InChI is InChI=1S/C9H17N/c1-3-8(2)6-10-7-9-4-5-9/h3,9-10H,4-7H2,1-2H3/b8-3+. The summed E-state index contributed by atoms with van der Waals surface area (Å²) in [5.41, 5.74) is 1.45. The molecule has 0 saturated heterocycles. The van der Waals surface area contributed by atoms with Crippen LogP contribution in [0.2, 0.25) is 0 Å². The average molecular weight is 139 g/mol. The van der Waals surface area contributed by atoms with Crippen LogP contribution in [0.3, 0.4) is 0 Å². The van der Waals surface area contributed by atoms with Crippen LogP contribution in [0.25, 0.3) is 0 Å². The maximum absolute atomic E-state index is 3.43. The van der Waals surface area contributed by atoms with Gasteiger partial charge >= 0.3 is 0 Å². The van der Waals surface area contributed by atoms with Gasteiger partial charge in [-0.1, -0.05) is 11.6 Å². The molecule has 0 aromatic rings. The molecule has 1 aliphatic carbocycles. The van der Waals surface area contributed by atoms with E-state index in [1.54, 1.807) is 0 Å². The summed E-state index contributed by atoms with van der Waals surface area (Å²) in [6.07, 6.45) is 5.06. The molecular weight excluding hydrogens is 122 g/mol. The van der Waals surface area contributed by atoms with Gasteiger partial charge in [-0.3, -0.25) is 0 Å². The summed E-state index contributed by atoms with van der Waals surface area (Å²) in [6, 6.07) is 0. The minimum absolute atomic E-state index is 1.00. The van der Waals surface area contributed by atoms with E-state index in [1.165, 1.54) is 25.0 Å². The molecule has 0 radical (unpaired) electrons. The summed E-state index contributed by atoms with van der Waals surface area (Å²) in [6.45, 7) is 6.56. The molecule has 0 bridgehead atoms. The van der Waals surface area contributed by atoms with Gasteiger partial charge in [-0.15, -0.1) is 0 Å². The molecule has 0 atom stereocenters. The number of allylic oxidation sites excluding steroid dienone is 1. The van der Waals surface area contributed by atoms with E-state index in [1.807, 2.05) is 0 Å². The lowest BCUT2D eigenvalue weighted by Crippen LogP contribution is -2.18. The highest BCUT2D eigenvalue weighted by molar-refractivity contribution is 4.97. The van der Waals surface area contributed by atoms with Gasteiger partial charge in [-0.2, -0.15) is 0 Å². The molecular formula is C9H17N. The monoisotopic (exact) mass is 139 g/mol. The minimum Gasteiger partial charge on any atom is -0.313 e. The zero-order chi connectivity index (χ0) is 7.40. The van der Waals surface area contributed by atoms with Crippen molar-refractivity contribution in [2.45, 2.75) is 26.7 Å². The van der Waals surface area contributed by atoms with Crippen LogP contribution in [-0.2, 0) is 0 Å². The Morgan fingerprint density at radius 3 is 2.80 bits per heavy atom. The molecule has 1 rings (SSSR count). The van der Waals surface area contributed by atoms with Gasteiger partial charge in [-0.25, -0.2) is 0 Å². The van der Waals surface area contributed by atoms with E-state index >= 15 is 0 Å². The molecule has 0 aromatic heterocycles. The van der Waals surface area contributed by atoms with Crippen LogP contribution in [-0.4, -0.2) is 13.1 Å². The number of hydrogen-bond acceptors (Lipinski definition) is 1. The Balaban J connectivity index is 1.93. The molecule has 1 saturated carbocycles. The van der Waals surface area contributed by atoms with Crippen molar-refractivity contribution < 1.29 is 0 Å². The predicted octanol–water partition coefficient (Wildman–Crippen LogP) is 1.95. The summed E-state index contributed by atoms with van der Waals surface area (Å²) in [7, 11) is 0. The second-order valence-corrected chi connectivity index (χ2v) is 3.21. The van der Waals surface area contributed by atoms with Crippen LogP contribution in [0.5, 0.6) is 0 Å². The summed E-state index contributed by atoms with van der Waals surface area (Å²) >= 11 is 0. The van der Waals surface area contributed by atoms with Crippen molar-refractivity contribution in [3.05, 3.63) is 11.6 Å². The van der Waals surface area contributed by atoms with E-state index in [0.717, 1.165) is 12.5 Å². The van der Waals surface area contributed by atoms with E-state index in [0.29, 0.717) is 0 Å². The SMILES string of the molecule is C/C=C(\C)CNCC1CC1. The Labute approximate surface area is 63.5 Å². The zero-order valence-corrected chi connectivity index (χ0v) is 6.98. The van der Waals surface area contributed by atoms with Crippen molar-refractivity contribution in [2.24, 2.45) is 5.92 Å². The number of nitrogens with one attached hydrogen (secondary N) is 1. The Kier molecular flexibility index (Phi) is 2.94. The van der Waals surface area contributed by atoms with E-state index in [-0.39, 0.29) is 0 Å². The summed E-state index contributed by atoms with van der Waals surface area (Å²) in [5, 5.41) is 3.43. The second kappa shape index (κ2) is 3.77. The first-order chi connectivity index (χ1) is 4.83. The molecule has 1 fully saturated rings. The molecule has 58 valence electrons. The maximum Gasteiger partial charge on any atom is 0.0161 e. The lowest BCUT2D eigenvalue weighted by Gasteiger charge is -2.01. The molecule has 1 N–H and O–H groups in total. The van der Waals surface area contributed by atoms with E-state index in [9.17, 15) is 0 Å². The van der Waals surface area contributed by atoms with E-state index in [4.69, 9.17) is 0 Å². The zero-order valence-electron chi connectivity index (χ0n) is 6.98. The summed E-state index contributed by atoms with van der Waals surface area (Å²) < 4.78 is 0. The highest BCUT2D eigenvalue weighted by Crippen LogP contribution is 2.27. The molecule has 0 spiro atoms. The molecule has 10 heavy (non-hydrogen) atoms. The quantitative estimate of drug-likeness (QED) is 0.587. The van der Waals surface area contributed by atoms with Gasteiger partial charge in [-0.05, 0) is 39.2 Å². The fourth-order valence-corrected chi connectivity index (χ4v) is 0.897. The normalized spacial score (nSPS) is 19.6. The fraction of sp³-hybridized carbons (Fsp3) is 0.778. The number of hydrogen-bond donors (Lipinski definition) is 1. The van der Waals surface area contributed by atoms with Gasteiger partial charge in [0.15, 0.2) is 0 Å². The molecule has 0 heterocycles. The van der Waals surface area contributed by atoms with Crippen molar-refractivity contribution in [2.75, 3.05) is 13.1 Å². The summed E-state index contributed by atoms with van der Waals surface area (Å²) in [4.78, 5) is 0. The van der Waals surface area contributed by atoms with Crippen molar-refractivity contribution in [1.29, 1.82) is 0 Å². The van der Waals surface area contributed by atoms with Crippen LogP contribution < -0.4 is 5.32 Å². The van der Waals surface area contributed by atoms with E-state index in [2.05, 4.69) is 25.2 Å². The number of rotatable bonds is 4. The maximum atomic E-state index is 3.43. The molecule has 1 nitrogen and oxygen atoms in total. The van der Waals surface area contributed by atoms with E-state index < -0.39 is 0 Å². The predicted molar refractivity (Wildman–Crippen MR) is 45.0 cm³/mol. The topological polar surface area (TPSA) is 12.0 Å². The third kappa shape index (κ3) is 3.02. The highest BCUT2D eigenvalue weighted by atomic mass is 14.9. The molecule has 0 unspecified atom stereocenters. The van der Waals surface area contributed by atoms with Gasteiger partial charge in [0.25, 0.3) is 0 Å². The molecule has 1 aliphatic rings. The lowest BCUT2D eigenvalue weighted by atomic mass is 10.3. The van der Waals surface area contributed by atoms with Crippen LogP contribution in [0.15, 0.2) is 11.6 Å². The van der Waals surface area contributed by atoms with Gasteiger partial charge in [0.2, 0.25) is 0 Å². The third-order valence-electron chi connectivity index (χ3n) is 2.03. The first kappa shape index (κ1) is 7.80. The van der Waals surface area contributed by atoms with Gasteiger partial charge in [0.1, 0.15) is 0 Å². The average Bonchev–Trinajstić information content (AvgIpc) is 2.71. The van der Waals surface area contributed by atoms with Crippen molar-refractivity contribution in [3.63, 3.8) is 0 Å². The molecule has 0 amide bonds. The Morgan fingerprint density at radius 2 is 2.30 bits per heavy atom. The van der Waals surface area contributed by atoms with Gasteiger partial charge in [0, 0.05) is 6.54 Å². The fourth-order valence-electron chi connectivity index (χ4n) is 0.897. The van der Waals surface area contributed by atoms with Crippen molar-refractivity contribution in [3.8, 4) is 0 Å². The van der Waals surface area contributed by atoms with Gasteiger partial charge < -0.3 is 5.32 Å². The third-order valence-corrected chi connectivity index (χ3v) is 2.03.